The van der Waals surface area contributed by atoms with E-state index in [0.29, 0.717) is 17.9 Å². The maximum atomic E-state index is 11.7. The third kappa shape index (κ3) is 6.16. The van der Waals surface area contributed by atoms with E-state index >= 15 is 0 Å². The Hall–Kier alpha value is -2.46. The smallest absolute Gasteiger partial charge is 0.276 e. The Morgan fingerprint density at radius 2 is 2.28 bits per heavy atom. The summed E-state index contributed by atoms with van der Waals surface area (Å²) in [6.07, 6.45) is 2.18. The van der Waals surface area contributed by atoms with Crippen molar-refractivity contribution < 1.29 is 19.2 Å². The molecule has 0 saturated carbocycles. The second-order valence-corrected chi connectivity index (χ2v) is 5.92. The van der Waals surface area contributed by atoms with Crippen molar-refractivity contribution in [3.63, 3.8) is 0 Å². The molecule has 1 heterocycles. The van der Waals surface area contributed by atoms with Gasteiger partial charge < -0.3 is 14.8 Å². The van der Waals surface area contributed by atoms with Crippen LogP contribution >= 0.6 is 12.2 Å². The first-order chi connectivity index (χ1) is 12.0. The molecule has 1 aromatic carbocycles. The number of carbonyl (C=O) groups is 1. The molecule has 0 radical (unpaired) electrons. The lowest BCUT2D eigenvalue weighted by Gasteiger charge is -2.14. The van der Waals surface area contributed by atoms with Gasteiger partial charge in [-0.15, -0.1) is 0 Å². The molecule has 10 heteroatoms. The molecule has 1 amide bonds. The van der Waals surface area contributed by atoms with Crippen molar-refractivity contribution in [3.8, 4) is 5.75 Å². The predicted octanol–water partition coefficient (Wildman–Crippen LogP) is 0.956. The van der Waals surface area contributed by atoms with E-state index in [9.17, 15) is 14.9 Å². The highest BCUT2D eigenvalue weighted by molar-refractivity contribution is 7.80. The molecule has 2 rings (SSSR count). The first-order valence-corrected chi connectivity index (χ1v) is 8.18. The zero-order chi connectivity index (χ0) is 18.2. The summed E-state index contributed by atoms with van der Waals surface area (Å²) >= 11 is 5.04. The monoisotopic (exact) mass is 368 g/mol. The van der Waals surface area contributed by atoms with Crippen LogP contribution in [0.1, 0.15) is 18.4 Å². The van der Waals surface area contributed by atoms with Crippen molar-refractivity contribution in [3.05, 3.63) is 33.9 Å². The van der Waals surface area contributed by atoms with Gasteiger partial charge in [-0.3, -0.25) is 25.8 Å². The van der Waals surface area contributed by atoms with Gasteiger partial charge >= 0.3 is 0 Å². The third-order valence-electron chi connectivity index (χ3n) is 3.56. The first-order valence-electron chi connectivity index (χ1n) is 7.78. The molecule has 25 heavy (non-hydrogen) atoms. The van der Waals surface area contributed by atoms with E-state index in [1.54, 1.807) is 6.92 Å². The topological polar surface area (TPSA) is 115 Å². The molecule has 1 aliphatic rings. The zero-order valence-corrected chi connectivity index (χ0v) is 14.6. The summed E-state index contributed by atoms with van der Waals surface area (Å²) in [7, 11) is 0. The maximum Gasteiger partial charge on any atom is 0.276 e. The molecule has 0 spiro atoms. The summed E-state index contributed by atoms with van der Waals surface area (Å²) in [6.45, 7) is 2.70. The number of aryl methyl sites for hydroxylation is 1. The molecule has 0 bridgehead atoms. The zero-order valence-electron chi connectivity index (χ0n) is 13.7. The van der Waals surface area contributed by atoms with Crippen LogP contribution in [0.5, 0.6) is 5.75 Å². The fraction of sp³-hybridized carbons (Fsp3) is 0.467. The van der Waals surface area contributed by atoms with E-state index in [-0.39, 0.29) is 23.5 Å². The summed E-state index contributed by atoms with van der Waals surface area (Å²) in [4.78, 5) is 22.0. The normalized spacial score (nSPS) is 16.1. The van der Waals surface area contributed by atoms with Gasteiger partial charge in [0.2, 0.25) is 0 Å². The highest BCUT2D eigenvalue weighted by Crippen LogP contribution is 2.22. The lowest BCUT2D eigenvalue weighted by atomic mass is 10.2. The molecule has 1 atom stereocenters. The number of thiocarbonyl (C=S) groups is 1. The number of benzene rings is 1. The van der Waals surface area contributed by atoms with E-state index in [1.807, 2.05) is 0 Å². The molecule has 136 valence electrons. The Morgan fingerprint density at radius 3 is 2.92 bits per heavy atom. The predicted molar refractivity (Wildman–Crippen MR) is 94.2 cm³/mol. The van der Waals surface area contributed by atoms with Crippen molar-refractivity contribution in [2.75, 3.05) is 19.8 Å². The highest BCUT2D eigenvalue weighted by atomic mass is 32.1. The van der Waals surface area contributed by atoms with Gasteiger partial charge in [0.05, 0.1) is 11.0 Å². The molecular formula is C15H20N4O5S. The van der Waals surface area contributed by atoms with E-state index in [2.05, 4.69) is 16.2 Å². The molecule has 1 fully saturated rings. The lowest BCUT2D eigenvalue weighted by molar-refractivity contribution is -0.385. The second-order valence-electron chi connectivity index (χ2n) is 5.51. The van der Waals surface area contributed by atoms with Crippen molar-refractivity contribution in [2.45, 2.75) is 25.9 Å². The Morgan fingerprint density at radius 1 is 1.48 bits per heavy atom. The van der Waals surface area contributed by atoms with Crippen LogP contribution < -0.4 is 20.9 Å². The van der Waals surface area contributed by atoms with Gasteiger partial charge in [0.15, 0.2) is 11.7 Å². The van der Waals surface area contributed by atoms with Crippen LogP contribution in [0.25, 0.3) is 0 Å². The van der Waals surface area contributed by atoms with Gasteiger partial charge in [0, 0.05) is 24.8 Å². The van der Waals surface area contributed by atoms with Crippen LogP contribution in [0.15, 0.2) is 18.2 Å². The number of ether oxygens (including phenoxy) is 2. The minimum atomic E-state index is -0.472. The van der Waals surface area contributed by atoms with Gasteiger partial charge in [-0.05, 0) is 44.1 Å². The summed E-state index contributed by atoms with van der Waals surface area (Å²) in [6, 6.07) is 4.29. The Labute approximate surface area is 150 Å². The number of amides is 1. The molecule has 9 nitrogen and oxygen atoms in total. The highest BCUT2D eigenvalue weighted by Gasteiger charge is 2.15. The maximum absolute atomic E-state index is 11.7. The number of hydrogen-bond acceptors (Lipinski definition) is 6. The Bertz CT molecular complexity index is 649. The summed E-state index contributed by atoms with van der Waals surface area (Å²) < 4.78 is 10.7. The van der Waals surface area contributed by atoms with E-state index in [0.717, 1.165) is 19.4 Å². The van der Waals surface area contributed by atoms with Crippen LogP contribution in [0.4, 0.5) is 5.69 Å². The molecule has 3 N–H and O–H groups in total. The van der Waals surface area contributed by atoms with Crippen LogP contribution in [-0.2, 0) is 9.53 Å². The largest absolute Gasteiger partial charge is 0.484 e. The SMILES string of the molecule is Cc1cc(OCC(=O)NNC(=S)NC[C@@H]2CCCO2)ccc1[N+](=O)[O-]. The van der Waals surface area contributed by atoms with Crippen molar-refractivity contribution in [2.24, 2.45) is 0 Å². The first kappa shape index (κ1) is 18.9. The Kier molecular flexibility index (Phi) is 6.90. The average Bonchev–Trinajstić information content (AvgIpc) is 3.09. The quantitative estimate of drug-likeness (QED) is 0.386. The van der Waals surface area contributed by atoms with E-state index in [4.69, 9.17) is 21.7 Å². The fourth-order valence-corrected chi connectivity index (χ4v) is 2.42. The molecular weight excluding hydrogens is 348 g/mol. The number of nitrogens with one attached hydrogen (secondary N) is 3. The summed E-state index contributed by atoms with van der Waals surface area (Å²) in [5, 5.41) is 14.0. The van der Waals surface area contributed by atoms with Gasteiger partial charge in [-0.1, -0.05) is 0 Å². The van der Waals surface area contributed by atoms with Crippen molar-refractivity contribution in [1.29, 1.82) is 0 Å². The number of carbonyl (C=O) groups excluding carboxylic acids is 1. The van der Waals surface area contributed by atoms with Crippen LogP contribution in [0, 0.1) is 17.0 Å². The minimum Gasteiger partial charge on any atom is -0.484 e. The molecule has 1 aromatic rings. The second kappa shape index (κ2) is 9.14. The van der Waals surface area contributed by atoms with E-state index < -0.39 is 10.8 Å². The number of nitro benzene ring substituents is 1. The van der Waals surface area contributed by atoms with Crippen molar-refractivity contribution in [1.82, 2.24) is 16.2 Å². The summed E-state index contributed by atoms with van der Waals surface area (Å²) in [5.74, 6) is -0.0606. The molecule has 0 unspecified atom stereocenters. The van der Waals surface area contributed by atoms with E-state index in [1.165, 1.54) is 18.2 Å². The Balaban J connectivity index is 1.67. The fourth-order valence-electron chi connectivity index (χ4n) is 2.29. The number of rotatable bonds is 6. The standard InChI is InChI=1S/C15H20N4O5S/c1-10-7-11(4-5-13(10)19(21)22)24-9-14(20)17-18-15(25)16-8-12-3-2-6-23-12/h4-5,7,12H,2-3,6,8-9H2,1H3,(H,17,20)(H2,16,18,25)/t12-/m0/s1. The number of nitro groups is 1. The average molecular weight is 368 g/mol. The third-order valence-corrected chi connectivity index (χ3v) is 3.81. The van der Waals surface area contributed by atoms with Crippen molar-refractivity contribution >= 4 is 28.9 Å². The number of hydrogen-bond donors (Lipinski definition) is 3. The van der Waals surface area contributed by atoms with Gasteiger partial charge in [0.1, 0.15) is 5.75 Å². The van der Waals surface area contributed by atoms with Gasteiger partial charge in [0.25, 0.3) is 11.6 Å². The molecule has 1 aliphatic heterocycles. The van der Waals surface area contributed by atoms with Crippen LogP contribution in [-0.4, -0.2) is 41.8 Å². The molecule has 0 aliphatic carbocycles. The number of nitrogens with zero attached hydrogens (tertiary/aromatic N) is 1. The van der Waals surface area contributed by atoms with Gasteiger partial charge in [-0.2, -0.15) is 0 Å². The van der Waals surface area contributed by atoms with Crippen LogP contribution in [0.3, 0.4) is 0 Å². The minimum absolute atomic E-state index is 0.00105. The van der Waals surface area contributed by atoms with Gasteiger partial charge in [-0.25, -0.2) is 0 Å². The van der Waals surface area contributed by atoms with Crippen LogP contribution in [0.2, 0.25) is 0 Å². The molecule has 1 saturated heterocycles. The number of hydrazine groups is 1. The molecule has 0 aromatic heterocycles. The summed E-state index contributed by atoms with van der Waals surface area (Å²) in [5.41, 5.74) is 5.44. The lowest BCUT2D eigenvalue weighted by Crippen LogP contribution is -2.49.